The van der Waals surface area contributed by atoms with E-state index >= 15 is 0 Å². The fourth-order valence-electron chi connectivity index (χ4n) is 1.77. The molecule has 1 saturated carbocycles. The molecule has 1 aliphatic carbocycles. The Hall–Kier alpha value is -1.91. The first kappa shape index (κ1) is 12.5. The molecule has 0 heterocycles. The first-order valence-electron chi connectivity index (χ1n) is 5.86. The van der Waals surface area contributed by atoms with Gasteiger partial charge in [-0.2, -0.15) is 0 Å². The van der Waals surface area contributed by atoms with Crippen molar-refractivity contribution < 1.29 is 19.1 Å². The third-order valence-corrected chi connectivity index (χ3v) is 2.86. The van der Waals surface area contributed by atoms with Crippen molar-refractivity contribution in [1.82, 2.24) is 0 Å². The molecule has 1 aliphatic rings. The van der Waals surface area contributed by atoms with Gasteiger partial charge in [0.15, 0.2) is 0 Å². The molecule has 0 unspecified atom stereocenters. The summed E-state index contributed by atoms with van der Waals surface area (Å²) in [6, 6.07) is 5.67. The molecule has 0 radical (unpaired) electrons. The van der Waals surface area contributed by atoms with Gasteiger partial charge in [0.1, 0.15) is 5.82 Å². The van der Waals surface area contributed by atoms with E-state index in [4.69, 9.17) is 5.11 Å². The van der Waals surface area contributed by atoms with E-state index in [9.17, 15) is 14.0 Å². The lowest BCUT2D eigenvalue weighted by Gasteiger charge is -2.22. The van der Waals surface area contributed by atoms with Gasteiger partial charge in [-0.05, 0) is 31.0 Å². The van der Waals surface area contributed by atoms with Gasteiger partial charge in [-0.3, -0.25) is 9.59 Å². The van der Waals surface area contributed by atoms with Crippen LogP contribution in [0.25, 0.3) is 0 Å². The molecule has 4 nitrogen and oxygen atoms in total. The number of nitrogens with zero attached hydrogens (tertiary/aromatic N) is 1. The molecule has 2 rings (SSSR count). The van der Waals surface area contributed by atoms with Gasteiger partial charge in [0.2, 0.25) is 5.91 Å². The zero-order valence-corrected chi connectivity index (χ0v) is 9.80. The lowest BCUT2D eigenvalue weighted by Crippen LogP contribution is -2.34. The van der Waals surface area contributed by atoms with Gasteiger partial charge >= 0.3 is 5.97 Å². The molecule has 0 aliphatic heterocycles. The maximum atomic E-state index is 13.2. The number of amides is 1. The topological polar surface area (TPSA) is 57.6 Å². The molecule has 5 heteroatoms. The standard InChI is InChI=1S/C13H14FNO3/c14-10-2-1-3-11(8-10)15(7-6-12(16)17)13(18)9-4-5-9/h1-3,8-9H,4-7H2,(H,16,17). The van der Waals surface area contributed by atoms with Crippen molar-refractivity contribution in [2.45, 2.75) is 19.3 Å². The largest absolute Gasteiger partial charge is 0.481 e. The first-order valence-corrected chi connectivity index (χ1v) is 5.86. The maximum Gasteiger partial charge on any atom is 0.305 e. The predicted octanol–water partition coefficient (Wildman–Crippen LogP) is 2.04. The summed E-state index contributed by atoms with van der Waals surface area (Å²) in [6.07, 6.45) is 1.52. The Morgan fingerprint density at radius 3 is 2.67 bits per heavy atom. The molecule has 1 aromatic carbocycles. The molecule has 96 valence electrons. The van der Waals surface area contributed by atoms with Crippen LogP contribution in [-0.4, -0.2) is 23.5 Å². The minimum atomic E-state index is -0.972. The summed E-state index contributed by atoms with van der Waals surface area (Å²) in [7, 11) is 0. The minimum absolute atomic E-state index is 0.0259. The van der Waals surface area contributed by atoms with Crippen LogP contribution in [0.3, 0.4) is 0 Å². The monoisotopic (exact) mass is 251 g/mol. The molecular weight excluding hydrogens is 237 g/mol. The van der Waals surface area contributed by atoms with E-state index in [2.05, 4.69) is 0 Å². The summed E-state index contributed by atoms with van der Waals surface area (Å²) in [4.78, 5) is 24.0. The fraction of sp³-hybridized carbons (Fsp3) is 0.385. The molecule has 1 aromatic rings. The van der Waals surface area contributed by atoms with Gasteiger partial charge in [-0.1, -0.05) is 6.07 Å². The van der Waals surface area contributed by atoms with E-state index in [0.717, 1.165) is 12.8 Å². The highest BCUT2D eigenvalue weighted by Crippen LogP contribution is 2.33. The average Bonchev–Trinajstić information content (AvgIpc) is 3.12. The average molecular weight is 251 g/mol. The second-order valence-electron chi connectivity index (χ2n) is 4.39. The quantitative estimate of drug-likeness (QED) is 0.871. The second kappa shape index (κ2) is 5.16. The number of carbonyl (C=O) groups excluding carboxylic acids is 1. The molecule has 1 N–H and O–H groups in total. The molecule has 0 bridgehead atoms. The van der Waals surface area contributed by atoms with Crippen molar-refractivity contribution in [2.75, 3.05) is 11.4 Å². The summed E-state index contributed by atoms with van der Waals surface area (Å²) < 4.78 is 13.2. The Kier molecular flexibility index (Phi) is 3.60. The molecule has 1 amide bonds. The van der Waals surface area contributed by atoms with E-state index in [1.54, 1.807) is 6.07 Å². The number of anilines is 1. The van der Waals surface area contributed by atoms with Gasteiger partial charge in [-0.25, -0.2) is 4.39 Å². The van der Waals surface area contributed by atoms with Gasteiger partial charge in [0, 0.05) is 18.2 Å². The van der Waals surface area contributed by atoms with Crippen LogP contribution in [-0.2, 0) is 9.59 Å². The zero-order chi connectivity index (χ0) is 13.1. The van der Waals surface area contributed by atoms with E-state index in [1.165, 1.54) is 23.1 Å². The predicted molar refractivity (Wildman–Crippen MR) is 63.7 cm³/mol. The third kappa shape index (κ3) is 3.06. The molecule has 1 fully saturated rings. The number of hydrogen-bond acceptors (Lipinski definition) is 2. The lowest BCUT2D eigenvalue weighted by molar-refractivity contribution is -0.136. The fourth-order valence-corrected chi connectivity index (χ4v) is 1.77. The minimum Gasteiger partial charge on any atom is -0.481 e. The summed E-state index contributed by atoms with van der Waals surface area (Å²) in [5.41, 5.74) is 0.424. The molecule has 0 saturated heterocycles. The normalized spacial score (nSPS) is 14.3. The first-order chi connectivity index (χ1) is 8.58. The number of carbonyl (C=O) groups is 2. The van der Waals surface area contributed by atoms with Gasteiger partial charge < -0.3 is 10.0 Å². The Morgan fingerprint density at radius 2 is 2.11 bits per heavy atom. The van der Waals surface area contributed by atoms with Gasteiger partial charge in [0.25, 0.3) is 0 Å². The highest BCUT2D eigenvalue weighted by molar-refractivity contribution is 5.96. The van der Waals surface area contributed by atoms with E-state index in [1.807, 2.05) is 0 Å². The van der Waals surface area contributed by atoms with Gasteiger partial charge in [0.05, 0.1) is 6.42 Å². The Morgan fingerprint density at radius 1 is 1.39 bits per heavy atom. The summed E-state index contributed by atoms with van der Waals surface area (Å²) in [6.45, 7) is 0.0775. The summed E-state index contributed by atoms with van der Waals surface area (Å²) in [5.74, 6) is -1.54. The van der Waals surface area contributed by atoms with Crippen molar-refractivity contribution in [3.63, 3.8) is 0 Å². The van der Waals surface area contributed by atoms with Crippen LogP contribution in [0.2, 0.25) is 0 Å². The number of carboxylic acids is 1. The van der Waals surface area contributed by atoms with Crippen molar-refractivity contribution >= 4 is 17.6 Å². The number of rotatable bonds is 5. The molecule has 0 atom stereocenters. The molecular formula is C13H14FNO3. The van der Waals surface area contributed by atoms with Crippen LogP contribution in [0.15, 0.2) is 24.3 Å². The second-order valence-corrected chi connectivity index (χ2v) is 4.39. The highest BCUT2D eigenvalue weighted by Gasteiger charge is 2.34. The van der Waals surface area contributed by atoms with Crippen LogP contribution in [0.5, 0.6) is 0 Å². The van der Waals surface area contributed by atoms with E-state index in [0.29, 0.717) is 5.69 Å². The smallest absolute Gasteiger partial charge is 0.305 e. The summed E-state index contributed by atoms with van der Waals surface area (Å²) in [5, 5.41) is 8.69. The Labute approximate surface area is 104 Å². The molecule has 0 spiro atoms. The Bertz CT molecular complexity index is 471. The summed E-state index contributed by atoms with van der Waals surface area (Å²) >= 11 is 0. The third-order valence-electron chi connectivity index (χ3n) is 2.86. The van der Waals surface area contributed by atoms with Gasteiger partial charge in [-0.15, -0.1) is 0 Å². The zero-order valence-electron chi connectivity index (χ0n) is 9.80. The van der Waals surface area contributed by atoms with Crippen LogP contribution >= 0.6 is 0 Å². The number of hydrogen-bond donors (Lipinski definition) is 1. The number of benzene rings is 1. The van der Waals surface area contributed by atoms with Crippen LogP contribution in [0.4, 0.5) is 10.1 Å². The number of aliphatic carboxylic acids is 1. The van der Waals surface area contributed by atoms with Crippen molar-refractivity contribution in [3.8, 4) is 0 Å². The maximum absolute atomic E-state index is 13.2. The van der Waals surface area contributed by atoms with Crippen LogP contribution < -0.4 is 4.90 Å². The number of carboxylic acid groups (broad SMARTS) is 1. The molecule has 0 aromatic heterocycles. The van der Waals surface area contributed by atoms with E-state index in [-0.39, 0.29) is 24.8 Å². The van der Waals surface area contributed by atoms with E-state index < -0.39 is 11.8 Å². The van der Waals surface area contributed by atoms with Crippen LogP contribution in [0.1, 0.15) is 19.3 Å². The highest BCUT2D eigenvalue weighted by atomic mass is 19.1. The lowest BCUT2D eigenvalue weighted by atomic mass is 10.2. The van der Waals surface area contributed by atoms with Crippen molar-refractivity contribution in [2.24, 2.45) is 5.92 Å². The van der Waals surface area contributed by atoms with Crippen molar-refractivity contribution in [1.29, 1.82) is 0 Å². The molecule has 18 heavy (non-hydrogen) atoms. The van der Waals surface area contributed by atoms with Crippen molar-refractivity contribution in [3.05, 3.63) is 30.1 Å². The Balaban J connectivity index is 2.17. The SMILES string of the molecule is O=C(O)CCN(C(=O)C1CC1)c1cccc(F)c1. The number of halogens is 1. The van der Waals surface area contributed by atoms with Crippen LogP contribution in [0, 0.1) is 11.7 Å².